The summed E-state index contributed by atoms with van der Waals surface area (Å²) in [5, 5.41) is 0. The van der Waals surface area contributed by atoms with E-state index in [2.05, 4.69) is 75.8 Å². The van der Waals surface area contributed by atoms with E-state index >= 15 is 0 Å². The summed E-state index contributed by atoms with van der Waals surface area (Å²) >= 11 is 0. The zero-order valence-corrected chi connectivity index (χ0v) is 18.6. The van der Waals surface area contributed by atoms with E-state index < -0.39 is 8.32 Å². The summed E-state index contributed by atoms with van der Waals surface area (Å²) in [6.45, 7) is 25.4. The molecule has 0 aromatic rings. The van der Waals surface area contributed by atoms with Crippen LogP contribution in [0.25, 0.3) is 0 Å². The fourth-order valence-electron chi connectivity index (χ4n) is 5.23. The maximum absolute atomic E-state index is 6.88. The van der Waals surface area contributed by atoms with Crippen LogP contribution in [0.2, 0.25) is 17.6 Å². The van der Waals surface area contributed by atoms with E-state index in [-0.39, 0.29) is 6.10 Å². The van der Waals surface area contributed by atoms with Gasteiger partial charge in [-0.1, -0.05) is 22.3 Å². The van der Waals surface area contributed by atoms with Gasteiger partial charge in [-0.25, -0.2) is 0 Å². The summed E-state index contributed by atoms with van der Waals surface area (Å²) in [7, 11) is -2.10. The number of hydrogen-bond donors (Lipinski definition) is 0. The van der Waals surface area contributed by atoms with Gasteiger partial charge in [-0.3, -0.25) is 0 Å². The van der Waals surface area contributed by atoms with E-state index in [0.29, 0.717) is 11.1 Å². The Balaban J connectivity index is 2.67. The molecular formula is C22H36OSi. The van der Waals surface area contributed by atoms with Crippen molar-refractivity contribution in [2.24, 2.45) is 0 Å². The molecule has 0 aliphatic heterocycles. The molecule has 2 rings (SSSR count). The normalized spacial score (nSPS) is 21.5. The molecule has 1 nitrogen and oxygen atoms in total. The Labute approximate surface area is 150 Å². The Kier molecular flexibility index (Phi) is 5.24. The van der Waals surface area contributed by atoms with E-state index in [1.165, 1.54) is 22.3 Å². The van der Waals surface area contributed by atoms with Crippen LogP contribution in [0.4, 0.5) is 0 Å². The van der Waals surface area contributed by atoms with Crippen molar-refractivity contribution in [3.8, 4) is 0 Å². The van der Waals surface area contributed by atoms with E-state index in [4.69, 9.17) is 4.43 Å². The lowest BCUT2D eigenvalue weighted by Crippen LogP contribution is -2.48. The monoisotopic (exact) mass is 344 g/mol. The molecule has 2 aliphatic rings. The molecule has 0 saturated heterocycles. The molecule has 0 amide bonds. The van der Waals surface area contributed by atoms with Crippen molar-refractivity contribution in [1.29, 1.82) is 0 Å². The second-order valence-electron chi connectivity index (χ2n) is 8.45. The highest BCUT2D eigenvalue weighted by molar-refractivity contribution is 6.78. The van der Waals surface area contributed by atoms with Crippen molar-refractivity contribution in [2.75, 3.05) is 0 Å². The van der Waals surface area contributed by atoms with Crippen molar-refractivity contribution >= 4 is 8.32 Å². The molecule has 0 N–H and O–H groups in total. The van der Waals surface area contributed by atoms with Crippen molar-refractivity contribution in [3.05, 3.63) is 44.6 Å². The molecule has 0 spiro atoms. The van der Waals surface area contributed by atoms with Gasteiger partial charge in [0.2, 0.25) is 8.32 Å². The van der Waals surface area contributed by atoms with Gasteiger partial charge >= 0.3 is 0 Å². The Bertz CT molecular complexity index is 585. The summed E-state index contributed by atoms with van der Waals surface area (Å²) in [6.07, 6.45) is 0.269. The number of rotatable bonds is 4. The molecule has 0 radical (unpaired) electrons. The average Bonchev–Trinajstić information content (AvgIpc) is 2.80. The van der Waals surface area contributed by atoms with Gasteiger partial charge < -0.3 is 4.43 Å². The predicted molar refractivity (Wildman–Crippen MR) is 109 cm³/mol. The quantitative estimate of drug-likeness (QED) is 0.494. The van der Waals surface area contributed by atoms with Crippen LogP contribution in [-0.4, -0.2) is 14.4 Å². The highest BCUT2D eigenvalue weighted by Gasteiger charge is 2.52. The van der Waals surface area contributed by atoms with Gasteiger partial charge in [0.05, 0.1) is 0 Å². The average molecular weight is 345 g/mol. The first kappa shape index (κ1) is 19.5. The maximum atomic E-state index is 6.88. The van der Waals surface area contributed by atoms with Crippen LogP contribution in [0.15, 0.2) is 44.6 Å². The molecule has 0 atom stereocenters. The lowest BCUT2D eigenvalue weighted by Gasteiger charge is -2.43. The molecular weight excluding hydrogens is 308 g/mol. The van der Waals surface area contributed by atoms with E-state index in [1.807, 2.05) is 0 Å². The predicted octanol–water partition coefficient (Wildman–Crippen LogP) is 7.10. The third-order valence-corrected chi connectivity index (χ3v) is 11.9. The maximum Gasteiger partial charge on any atom is 0.212 e. The Morgan fingerprint density at radius 1 is 0.625 bits per heavy atom. The highest BCUT2D eigenvalue weighted by Crippen LogP contribution is 2.57. The largest absolute Gasteiger partial charge is 0.413 e. The molecule has 0 saturated carbocycles. The third-order valence-electron chi connectivity index (χ3n) is 6.86. The molecule has 24 heavy (non-hydrogen) atoms. The van der Waals surface area contributed by atoms with Crippen LogP contribution in [-0.2, 0) is 4.43 Å². The van der Waals surface area contributed by atoms with Crippen LogP contribution in [0.5, 0.6) is 0 Å². The molecule has 2 heteroatoms. The van der Waals surface area contributed by atoms with E-state index in [1.54, 1.807) is 22.3 Å². The van der Waals surface area contributed by atoms with Crippen LogP contribution >= 0.6 is 0 Å². The van der Waals surface area contributed by atoms with Gasteiger partial charge in [0, 0.05) is 17.2 Å². The summed E-state index contributed by atoms with van der Waals surface area (Å²) in [6, 6.07) is 0. The lowest BCUT2D eigenvalue weighted by molar-refractivity contribution is 0.222. The van der Waals surface area contributed by atoms with Crippen LogP contribution in [0, 0.1) is 0 Å². The topological polar surface area (TPSA) is 9.23 Å². The number of allylic oxidation sites excluding steroid dienone is 8. The van der Waals surface area contributed by atoms with Gasteiger partial charge in [0.25, 0.3) is 0 Å². The van der Waals surface area contributed by atoms with Gasteiger partial charge in [0.15, 0.2) is 0 Å². The van der Waals surface area contributed by atoms with Gasteiger partial charge in [-0.05, 0) is 98.1 Å². The molecule has 0 bridgehead atoms. The summed E-state index contributed by atoms with van der Waals surface area (Å²) < 4.78 is 6.88. The molecule has 0 aromatic heterocycles. The van der Waals surface area contributed by atoms with Gasteiger partial charge in [-0.2, -0.15) is 0 Å². The molecule has 0 unspecified atom stereocenters. The molecule has 134 valence electrons. The van der Waals surface area contributed by atoms with Crippen molar-refractivity contribution < 1.29 is 4.43 Å². The van der Waals surface area contributed by atoms with E-state index in [9.17, 15) is 0 Å². The van der Waals surface area contributed by atoms with Crippen molar-refractivity contribution in [3.63, 3.8) is 0 Å². The fourth-order valence-corrected chi connectivity index (χ4v) is 11.2. The molecule has 0 fully saturated rings. The first-order valence-electron chi connectivity index (χ1n) is 9.33. The second-order valence-corrected chi connectivity index (χ2v) is 12.2. The zero-order valence-electron chi connectivity index (χ0n) is 17.6. The lowest BCUT2D eigenvalue weighted by atomic mass is 10.1. The molecule has 0 heterocycles. The standard InChI is InChI=1S/C22H36OSi/c1-12(2)23-24(11,21-17(7)13(3)14(4)18(21)8)22-19(9)15(5)16(6)20(22)10/h12,21-22H,1-11H3. The second kappa shape index (κ2) is 6.46. The summed E-state index contributed by atoms with van der Waals surface area (Å²) in [4.78, 5) is 0. The van der Waals surface area contributed by atoms with Crippen molar-refractivity contribution in [2.45, 2.75) is 93.0 Å². The highest BCUT2D eigenvalue weighted by atomic mass is 28.4. The minimum Gasteiger partial charge on any atom is -0.413 e. The SMILES string of the molecule is CC1=C(C)C([Si](C)(OC(C)C)C2C(C)=C(C)C(C)=C2C)C(C)=C1C. The minimum absolute atomic E-state index is 0.269. The number of hydrogen-bond acceptors (Lipinski definition) is 1. The fraction of sp³-hybridized carbons (Fsp3) is 0.636. The molecule has 2 aliphatic carbocycles. The van der Waals surface area contributed by atoms with Crippen LogP contribution < -0.4 is 0 Å². The smallest absolute Gasteiger partial charge is 0.212 e. The first-order valence-corrected chi connectivity index (χ1v) is 11.9. The van der Waals surface area contributed by atoms with Gasteiger partial charge in [-0.15, -0.1) is 0 Å². The zero-order chi connectivity index (χ0) is 18.6. The third kappa shape index (κ3) is 2.72. The Morgan fingerprint density at radius 3 is 1.08 bits per heavy atom. The minimum atomic E-state index is -2.10. The van der Waals surface area contributed by atoms with Crippen LogP contribution in [0.3, 0.4) is 0 Å². The summed E-state index contributed by atoms with van der Waals surface area (Å²) in [5.41, 5.74) is 13.1. The summed E-state index contributed by atoms with van der Waals surface area (Å²) in [5.74, 6) is 0. The van der Waals surface area contributed by atoms with Crippen LogP contribution in [0.1, 0.15) is 69.2 Å². The molecule has 0 aromatic carbocycles. The Hall–Kier alpha value is -0.863. The Morgan fingerprint density at radius 2 is 0.875 bits per heavy atom. The van der Waals surface area contributed by atoms with E-state index in [0.717, 1.165) is 0 Å². The first-order chi connectivity index (χ1) is 10.9. The van der Waals surface area contributed by atoms with Crippen molar-refractivity contribution in [1.82, 2.24) is 0 Å². The van der Waals surface area contributed by atoms with Gasteiger partial charge in [0.1, 0.15) is 0 Å².